The molecule has 0 fully saturated rings. The maximum atomic E-state index is 12.7. The second-order valence-corrected chi connectivity index (χ2v) is 6.20. The summed E-state index contributed by atoms with van der Waals surface area (Å²) < 4.78 is 42.0. The molecule has 13 heteroatoms. The summed E-state index contributed by atoms with van der Waals surface area (Å²) in [6.45, 7) is 3.34. The van der Waals surface area contributed by atoms with Gasteiger partial charge in [-0.1, -0.05) is 25.4 Å². The van der Waals surface area contributed by atoms with Crippen LogP contribution >= 0.6 is 11.6 Å². The van der Waals surface area contributed by atoms with Gasteiger partial charge in [-0.25, -0.2) is 5.53 Å². The van der Waals surface area contributed by atoms with Crippen molar-refractivity contribution in [3.05, 3.63) is 22.7 Å². The molecule has 1 aliphatic heterocycles. The smallest absolute Gasteiger partial charge is 0.404 e. The fourth-order valence-electron chi connectivity index (χ4n) is 2.05. The zero-order valence-corrected chi connectivity index (χ0v) is 15.8. The van der Waals surface area contributed by atoms with E-state index in [0.29, 0.717) is 6.42 Å². The monoisotopic (exact) mass is 422 g/mol. The van der Waals surface area contributed by atoms with E-state index in [9.17, 15) is 22.8 Å². The Labute approximate surface area is 163 Å². The van der Waals surface area contributed by atoms with Crippen molar-refractivity contribution in [2.75, 3.05) is 12.4 Å². The number of rotatable bonds is 5. The predicted molar refractivity (Wildman–Crippen MR) is 95.2 cm³/mol. The summed E-state index contributed by atoms with van der Waals surface area (Å²) in [6.07, 6.45) is -4.56. The number of nitrogens with one attached hydrogen (secondary N) is 4. The number of hydrazone groups is 1. The highest BCUT2D eigenvalue weighted by molar-refractivity contribution is 6.37. The first kappa shape index (κ1) is 21.6. The Hall–Kier alpha value is -2.73. The van der Waals surface area contributed by atoms with Gasteiger partial charge in [0.2, 0.25) is 11.9 Å². The van der Waals surface area contributed by atoms with E-state index in [1.807, 2.05) is 0 Å². The van der Waals surface area contributed by atoms with Gasteiger partial charge in [0, 0.05) is 13.0 Å². The lowest BCUT2D eigenvalue weighted by Crippen LogP contribution is -2.45. The molecular formula is C15H18ClF3N6O3. The third kappa shape index (κ3) is 5.16. The van der Waals surface area contributed by atoms with E-state index in [1.165, 1.54) is 5.01 Å². The number of hydrazine groups is 2. The Bertz CT molecular complexity index is 802. The number of carbonyl (C=O) groups excluding carboxylic acids is 2. The number of hydrogen-bond acceptors (Lipinski definition) is 7. The van der Waals surface area contributed by atoms with Crippen LogP contribution in [0.4, 0.5) is 18.9 Å². The van der Waals surface area contributed by atoms with Crippen molar-refractivity contribution in [3.8, 4) is 5.75 Å². The third-order valence-electron chi connectivity index (χ3n) is 3.80. The standard InChI is InChI=1S/C15H18ClF3N6O3/c1-4-7(2)12(26)20-11-9(28-15(17,18)19)6-5-8(10(11)16)13(27)21-14-22-23-24-25(14)3/h5-7,23-24H,4H2,1-3H3,(H,20,26)(H,21,22,27). The van der Waals surface area contributed by atoms with E-state index in [0.717, 1.165) is 12.1 Å². The lowest BCUT2D eigenvalue weighted by atomic mass is 10.1. The van der Waals surface area contributed by atoms with E-state index >= 15 is 0 Å². The summed E-state index contributed by atoms with van der Waals surface area (Å²) in [5.74, 6) is -2.45. The van der Waals surface area contributed by atoms with Crippen molar-refractivity contribution in [3.63, 3.8) is 0 Å². The van der Waals surface area contributed by atoms with Crippen LogP contribution in [-0.4, -0.2) is 36.2 Å². The number of carbonyl (C=O) groups is 2. The lowest BCUT2D eigenvalue weighted by Gasteiger charge is -2.19. The fraction of sp³-hybridized carbons (Fsp3) is 0.400. The molecule has 1 atom stereocenters. The van der Waals surface area contributed by atoms with Crippen LogP contribution in [0.5, 0.6) is 5.75 Å². The predicted octanol–water partition coefficient (Wildman–Crippen LogP) is 2.18. The molecule has 0 aromatic heterocycles. The molecule has 2 amide bonds. The summed E-state index contributed by atoms with van der Waals surface area (Å²) in [5, 5.41) is 9.42. The van der Waals surface area contributed by atoms with Crippen LogP contribution in [-0.2, 0) is 4.79 Å². The summed E-state index contributed by atoms with van der Waals surface area (Å²) in [6, 6.07) is 1.95. The zero-order valence-electron chi connectivity index (χ0n) is 15.1. The first-order valence-corrected chi connectivity index (χ1v) is 8.43. The topological polar surface area (TPSA) is 107 Å². The first-order chi connectivity index (χ1) is 13.0. The van der Waals surface area contributed by atoms with E-state index in [1.54, 1.807) is 20.9 Å². The molecule has 1 unspecified atom stereocenters. The molecule has 0 saturated carbocycles. The highest BCUT2D eigenvalue weighted by Crippen LogP contribution is 2.38. The van der Waals surface area contributed by atoms with Crippen LogP contribution in [0.3, 0.4) is 0 Å². The van der Waals surface area contributed by atoms with Crippen LogP contribution in [0.2, 0.25) is 5.02 Å². The molecule has 0 saturated heterocycles. The van der Waals surface area contributed by atoms with Crippen molar-refractivity contribution < 1.29 is 27.5 Å². The maximum absolute atomic E-state index is 12.7. The molecule has 0 aliphatic carbocycles. The average Bonchev–Trinajstić information content (AvgIpc) is 3.00. The van der Waals surface area contributed by atoms with Crippen LogP contribution in [0.1, 0.15) is 30.6 Å². The van der Waals surface area contributed by atoms with Gasteiger partial charge in [0.1, 0.15) is 5.69 Å². The Balaban J connectivity index is 2.38. The molecule has 1 aliphatic rings. The Morgan fingerprint density at radius 3 is 2.57 bits per heavy atom. The highest BCUT2D eigenvalue weighted by Gasteiger charge is 2.34. The van der Waals surface area contributed by atoms with Gasteiger partial charge in [-0.05, 0) is 18.6 Å². The minimum atomic E-state index is -5.01. The van der Waals surface area contributed by atoms with E-state index in [2.05, 4.69) is 31.5 Å². The second kappa shape index (κ2) is 8.52. The molecule has 1 heterocycles. The molecule has 4 N–H and O–H groups in total. The van der Waals surface area contributed by atoms with E-state index in [4.69, 9.17) is 11.6 Å². The summed E-state index contributed by atoms with van der Waals surface area (Å²) in [4.78, 5) is 24.6. The van der Waals surface area contributed by atoms with E-state index in [-0.39, 0.29) is 11.5 Å². The molecule has 0 bridgehead atoms. The van der Waals surface area contributed by atoms with Crippen LogP contribution in [0.15, 0.2) is 17.2 Å². The van der Waals surface area contributed by atoms with Crippen molar-refractivity contribution in [1.82, 2.24) is 21.4 Å². The van der Waals surface area contributed by atoms with Gasteiger partial charge in [-0.15, -0.1) is 23.8 Å². The summed E-state index contributed by atoms with van der Waals surface area (Å²) in [5.41, 5.74) is 4.33. The molecule has 0 radical (unpaired) electrons. The van der Waals surface area contributed by atoms with Crippen LogP contribution in [0, 0.1) is 5.92 Å². The van der Waals surface area contributed by atoms with Crippen molar-refractivity contribution in [2.24, 2.45) is 11.0 Å². The Kier molecular flexibility index (Phi) is 6.56. The molecular weight excluding hydrogens is 405 g/mol. The number of nitrogens with zero attached hydrogens (tertiary/aromatic N) is 2. The molecule has 154 valence electrons. The number of benzene rings is 1. The molecule has 2 rings (SSSR count). The van der Waals surface area contributed by atoms with Gasteiger partial charge in [0.25, 0.3) is 5.91 Å². The second-order valence-electron chi connectivity index (χ2n) is 5.82. The number of alkyl halides is 3. The minimum Gasteiger partial charge on any atom is -0.404 e. The van der Waals surface area contributed by atoms with Gasteiger partial charge in [-0.2, -0.15) is 0 Å². The molecule has 9 nitrogen and oxygen atoms in total. The number of anilines is 1. The third-order valence-corrected chi connectivity index (χ3v) is 4.20. The Morgan fingerprint density at radius 1 is 1.36 bits per heavy atom. The summed E-state index contributed by atoms with van der Waals surface area (Å²) >= 11 is 6.14. The lowest BCUT2D eigenvalue weighted by molar-refractivity contribution is -0.274. The molecule has 28 heavy (non-hydrogen) atoms. The number of halogens is 4. The molecule has 1 aromatic rings. The maximum Gasteiger partial charge on any atom is 0.573 e. The van der Waals surface area contributed by atoms with Gasteiger partial charge in [-0.3, -0.25) is 19.9 Å². The number of hydrogen-bond donors (Lipinski definition) is 4. The number of guanidine groups is 1. The van der Waals surface area contributed by atoms with Crippen molar-refractivity contribution >= 4 is 35.1 Å². The first-order valence-electron chi connectivity index (χ1n) is 8.06. The average molecular weight is 423 g/mol. The fourth-order valence-corrected chi connectivity index (χ4v) is 2.34. The van der Waals surface area contributed by atoms with Crippen LogP contribution < -0.4 is 26.4 Å². The zero-order chi connectivity index (χ0) is 21.1. The van der Waals surface area contributed by atoms with Crippen molar-refractivity contribution in [1.29, 1.82) is 0 Å². The Morgan fingerprint density at radius 2 is 2.04 bits per heavy atom. The van der Waals surface area contributed by atoms with Crippen molar-refractivity contribution in [2.45, 2.75) is 26.6 Å². The van der Waals surface area contributed by atoms with Gasteiger partial charge in [0.05, 0.1) is 10.6 Å². The quantitative estimate of drug-likeness (QED) is 0.579. The minimum absolute atomic E-state index is 0.0990. The van der Waals surface area contributed by atoms with Crippen LogP contribution in [0.25, 0.3) is 0 Å². The largest absolute Gasteiger partial charge is 0.573 e. The number of ether oxygens (including phenoxy) is 1. The number of amides is 2. The van der Waals surface area contributed by atoms with E-state index < -0.39 is 40.6 Å². The molecule has 1 aromatic carbocycles. The SMILES string of the molecule is CCC(C)C(=O)Nc1c(OC(F)(F)F)ccc(C(=O)NC2=NNNN2C)c1Cl. The summed E-state index contributed by atoms with van der Waals surface area (Å²) in [7, 11) is 1.55. The van der Waals surface area contributed by atoms with Gasteiger partial charge < -0.3 is 10.1 Å². The normalized spacial score (nSPS) is 14.8. The van der Waals surface area contributed by atoms with Gasteiger partial charge in [0.15, 0.2) is 5.75 Å². The molecule has 0 spiro atoms. The van der Waals surface area contributed by atoms with Gasteiger partial charge >= 0.3 is 6.36 Å². The highest BCUT2D eigenvalue weighted by atomic mass is 35.5.